The predicted octanol–water partition coefficient (Wildman–Crippen LogP) is 0.373. The van der Waals surface area contributed by atoms with E-state index in [0.717, 1.165) is 0 Å². The molecule has 3 heteroatoms. The van der Waals surface area contributed by atoms with Crippen molar-refractivity contribution in [1.82, 2.24) is 0 Å². The van der Waals surface area contributed by atoms with E-state index in [9.17, 15) is 4.39 Å². The highest BCUT2D eigenvalue weighted by atomic mass is 19.1. The van der Waals surface area contributed by atoms with Gasteiger partial charge in [-0.05, 0) is 0 Å². The van der Waals surface area contributed by atoms with Crippen molar-refractivity contribution in [2.45, 2.75) is 12.3 Å². The van der Waals surface area contributed by atoms with Gasteiger partial charge in [0.1, 0.15) is 12.7 Å². The van der Waals surface area contributed by atoms with Crippen molar-refractivity contribution in [3.05, 3.63) is 0 Å². The number of ether oxygens (including phenoxy) is 2. The third-order valence-electron chi connectivity index (χ3n) is 1.34. The Morgan fingerprint density at radius 3 is 3.00 bits per heavy atom. The summed E-state index contributed by atoms with van der Waals surface area (Å²) in [6.07, 6.45) is 3.46. The van der Waals surface area contributed by atoms with E-state index in [2.05, 4.69) is 5.92 Å². The van der Waals surface area contributed by atoms with Crippen molar-refractivity contribution in [3.8, 4) is 12.3 Å². The zero-order valence-electron chi connectivity index (χ0n) is 5.55. The van der Waals surface area contributed by atoms with E-state index in [1.54, 1.807) is 0 Å². The molecule has 0 amide bonds. The van der Waals surface area contributed by atoms with Crippen molar-refractivity contribution in [2.24, 2.45) is 0 Å². The van der Waals surface area contributed by atoms with Crippen LogP contribution in [-0.4, -0.2) is 32.1 Å². The molecule has 0 aliphatic carbocycles. The van der Waals surface area contributed by atoms with E-state index in [4.69, 9.17) is 15.9 Å². The Morgan fingerprint density at radius 2 is 2.50 bits per heavy atom. The Balaban J connectivity index is 2.21. The molecule has 1 aliphatic heterocycles. The fourth-order valence-electron chi connectivity index (χ4n) is 0.816. The SMILES string of the molecule is C#CCOC1COCC1F. The van der Waals surface area contributed by atoms with Gasteiger partial charge in [0.25, 0.3) is 0 Å². The summed E-state index contributed by atoms with van der Waals surface area (Å²) in [6, 6.07) is 0. The number of hydrogen-bond acceptors (Lipinski definition) is 2. The third-order valence-corrected chi connectivity index (χ3v) is 1.34. The summed E-state index contributed by atoms with van der Waals surface area (Å²) in [6.45, 7) is 0.618. The fourth-order valence-corrected chi connectivity index (χ4v) is 0.816. The molecule has 1 rings (SSSR count). The van der Waals surface area contributed by atoms with Gasteiger partial charge in [-0.3, -0.25) is 0 Å². The Labute approximate surface area is 59.3 Å². The van der Waals surface area contributed by atoms with Crippen LogP contribution in [0, 0.1) is 12.3 Å². The maximum atomic E-state index is 12.6. The topological polar surface area (TPSA) is 18.5 Å². The smallest absolute Gasteiger partial charge is 0.152 e. The molecule has 10 heavy (non-hydrogen) atoms. The van der Waals surface area contributed by atoms with Gasteiger partial charge in [-0.1, -0.05) is 5.92 Å². The van der Waals surface area contributed by atoms with Crippen LogP contribution in [0.4, 0.5) is 4.39 Å². The van der Waals surface area contributed by atoms with Crippen LogP contribution in [0.1, 0.15) is 0 Å². The highest BCUT2D eigenvalue weighted by Gasteiger charge is 2.28. The van der Waals surface area contributed by atoms with E-state index < -0.39 is 12.3 Å². The number of hydrogen-bond donors (Lipinski definition) is 0. The van der Waals surface area contributed by atoms with Gasteiger partial charge in [-0.15, -0.1) is 6.42 Å². The summed E-state index contributed by atoms with van der Waals surface area (Å²) < 4.78 is 22.3. The lowest BCUT2D eigenvalue weighted by Crippen LogP contribution is -2.23. The summed E-state index contributed by atoms with van der Waals surface area (Å²) in [5.41, 5.74) is 0. The maximum Gasteiger partial charge on any atom is 0.152 e. The van der Waals surface area contributed by atoms with Crippen LogP contribution in [0.3, 0.4) is 0 Å². The molecule has 0 aromatic rings. The minimum atomic E-state index is -1.01. The monoisotopic (exact) mass is 144 g/mol. The van der Waals surface area contributed by atoms with E-state index in [-0.39, 0.29) is 13.2 Å². The van der Waals surface area contributed by atoms with Gasteiger partial charge in [-0.25, -0.2) is 4.39 Å². The molecule has 0 aromatic carbocycles. The first-order chi connectivity index (χ1) is 4.84. The normalized spacial score (nSPS) is 32.0. The van der Waals surface area contributed by atoms with Gasteiger partial charge >= 0.3 is 0 Å². The highest BCUT2D eigenvalue weighted by molar-refractivity contribution is 4.85. The van der Waals surface area contributed by atoms with Crippen molar-refractivity contribution in [1.29, 1.82) is 0 Å². The molecular weight excluding hydrogens is 135 g/mol. The van der Waals surface area contributed by atoms with Gasteiger partial charge in [-0.2, -0.15) is 0 Å². The lowest BCUT2D eigenvalue weighted by molar-refractivity contribution is 0.0367. The number of terminal acetylenes is 1. The molecule has 2 atom stereocenters. The second-order valence-electron chi connectivity index (χ2n) is 2.11. The van der Waals surface area contributed by atoms with E-state index >= 15 is 0 Å². The van der Waals surface area contributed by atoms with Gasteiger partial charge in [0, 0.05) is 0 Å². The Kier molecular flexibility index (Phi) is 2.67. The van der Waals surface area contributed by atoms with Gasteiger partial charge in [0.15, 0.2) is 6.17 Å². The van der Waals surface area contributed by atoms with Crippen molar-refractivity contribution in [3.63, 3.8) is 0 Å². The zero-order valence-corrected chi connectivity index (χ0v) is 5.55. The molecule has 0 radical (unpaired) electrons. The molecule has 0 spiro atoms. The highest BCUT2D eigenvalue weighted by Crippen LogP contribution is 2.12. The fraction of sp³-hybridized carbons (Fsp3) is 0.714. The molecular formula is C7H9FO2. The van der Waals surface area contributed by atoms with E-state index in [1.807, 2.05) is 0 Å². The summed E-state index contributed by atoms with van der Waals surface area (Å²) in [4.78, 5) is 0. The number of alkyl halides is 1. The largest absolute Gasteiger partial charge is 0.376 e. The molecule has 2 nitrogen and oxygen atoms in total. The Morgan fingerprint density at radius 1 is 1.70 bits per heavy atom. The van der Waals surface area contributed by atoms with Crippen LogP contribution in [0.25, 0.3) is 0 Å². The lowest BCUT2D eigenvalue weighted by Gasteiger charge is -2.08. The average molecular weight is 144 g/mol. The number of halogens is 1. The molecule has 1 fully saturated rings. The van der Waals surface area contributed by atoms with Crippen molar-refractivity contribution >= 4 is 0 Å². The Bertz CT molecular complexity index is 141. The molecule has 0 bridgehead atoms. The average Bonchev–Trinajstić information content (AvgIpc) is 2.31. The van der Waals surface area contributed by atoms with Crippen LogP contribution in [-0.2, 0) is 9.47 Å². The second-order valence-corrected chi connectivity index (χ2v) is 2.11. The van der Waals surface area contributed by atoms with Crippen LogP contribution >= 0.6 is 0 Å². The first-order valence-electron chi connectivity index (χ1n) is 3.11. The van der Waals surface area contributed by atoms with Crippen LogP contribution < -0.4 is 0 Å². The first-order valence-corrected chi connectivity index (χ1v) is 3.11. The summed E-state index contributed by atoms with van der Waals surface area (Å²) >= 11 is 0. The minimum Gasteiger partial charge on any atom is -0.376 e. The number of rotatable bonds is 2. The van der Waals surface area contributed by atoms with Gasteiger partial charge in [0.2, 0.25) is 0 Å². The standard InChI is InChI=1S/C7H9FO2/c1-2-3-10-7-5-9-4-6(7)8/h1,6-7H,3-5H2. The molecule has 56 valence electrons. The summed E-state index contributed by atoms with van der Waals surface area (Å²) in [7, 11) is 0. The summed E-state index contributed by atoms with van der Waals surface area (Å²) in [5, 5.41) is 0. The second kappa shape index (κ2) is 3.55. The van der Waals surface area contributed by atoms with Crippen molar-refractivity contribution < 1.29 is 13.9 Å². The third kappa shape index (κ3) is 1.69. The van der Waals surface area contributed by atoms with E-state index in [0.29, 0.717) is 6.61 Å². The zero-order chi connectivity index (χ0) is 7.40. The van der Waals surface area contributed by atoms with Gasteiger partial charge in [0.05, 0.1) is 13.2 Å². The van der Waals surface area contributed by atoms with E-state index in [1.165, 1.54) is 0 Å². The van der Waals surface area contributed by atoms with Crippen LogP contribution in [0.15, 0.2) is 0 Å². The molecule has 1 aliphatic rings. The molecule has 2 unspecified atom stereocenters. The molecule has 0 saturated carbocycles. The molecule has 0 aromatic heterocycles. The minimum absolute atomic E-state index is 0.134. The summed E-state index contributed by atoms with van der Waals surface area (Å²) in [5.74, 6) is 2.27. The quantitative estimate of drug-likeness (QED) is 0.521. The lowest BCUT2D eigenvalue weighted by atomic mass is 10.3. The maximum absolute atomic E-state index is 12.6. The Hall–Kier alpha value is -0.590. The first kappa shape index (κ1) is 7.52. The van der Waals surface area contributed by atoms with Crippen LogP contribution in [0.2, 0.25) is 0 Å². The van der Waals surface area contributed by atoms with Crippen LogP contribution in [0.5, 0.6) is 0 Å². The van der Waals surface area contributed by atoms with Crippen molar-refractivity contribution in [2.75, 3.05) is 19.8 Å². The molecule has 0 N–H and O–H groups in total. The predicted molar refractivity (Wildman–Crippen MR) is 34.3 cm³/mol. The van der Waals surface area contributed by atoms with Gasteiger partial charge < -0.3 is 9.47 Å². The molecule has 1 heterocycles. The molecule has 1 saturated heterocycles.